The van der Waals surface area contributed by atoms with Gasteiger partial charge in [-0.05, 0) is 37.4 Å². The SMILES string of the molecule is CC(C(N)=O)[C@@H]1CCCN(C[C@H]2COc3ccccc3O2)C1.Cl.Cl. The van der Waals surface area contributed by atoms with Crippen LogP contribution in [0.15, 0.2) is 24.3 Å². The van der Waals surface area contributed by atoms with Crippen molar-refractivity contribution < 1.29 is 14.3 Å². The molecule has 0 aromatic heterocycles. The summed E-state index contributed by atoms with van der Waals surface area (Å²) in [6.45, 7) is 5.29. The second-order valence-corrected chi connectivity index (χ2v) is 6.35. The fraction of sp³-hybridized carbons (Fsp3) is 0.588. The smallest absolute Gasteiger partial charge is 0.220 e. The second-order valence-electron chi connectivity index (χ2n) is 6.35. The van der Waals surface area contributed by atoms with Crippen LogP contribution in [0.4, 0.5) is 0 Å². The van der Waals surface area contributed by atoms with Crippen molar-refractivity contribution in [3.8, 4) is 11.5 Å². The van der Waals surface area contributed by atoms with Crippen LogP contribution in [0.5, 0.6) is 11.5 Å². The molecule has 3 atom stereocenters. The predicted molar refractivity (Wildman–Crippen MR) is 98.4 cm³/mol. The molecule has 0 aliphatic carbocycles. The van der Waals surface area contributed by atoms with E-state index in [-0.39, 0.29) is 42.7 Å². The van der Waals surface area contributed by atoms with Crippen molar-refractivity contribution >= 4 is 30.7 Å². The van der Waals surface area contributed by atoms with E-state index in [9.17, 15) is 4.79 Å². The normalized spacial score (nSPS) is 24.2. The molecule has 3 rings (SSSR count). The molecular weight excluding hydrogens is 351 g/mol. The molecule has 5 nitrogen and oxygen atoms in total. The summed E-state index contributed by atoms with van der Waals surface area (Å²) in [7, 11) is 0. The second kappa shape index (κ2) is 9.35. The monoisotopic (exact) mass is 376 g/mol. The summed E-state index contributed by atoms with van der Waals surface area (Å²) in [5.41, 5.74) is 5.45. The van der Waals surface area contributed by atoms with Gasteiger partial charge in [-0.3, -0.25) is 9.69 Å². The molecule has 1 fully saturated rings. The van der Waals surface area contributed by atoms with Gasteiger partial charge in [0.05, 0.1) is 0 Å². The van der Waals surface area contributed by atoms with Crippen molar-refractivity contribution in [1.82, 2.24) is 4.90 Å². The van der Waals surface area contributed by atoms with E-state index in [1.54, 1.807) is 0 Å². The maximum Gasteiger partial charge on any atom is 0.220 e. The fourth-order valence-corrected chi connectivity index (χ4v) is 3.34. The Hall–Kier alpha value is -1.17. The van der Waals surface area contributed by atoms with Crippen LogP contribution in [0.3, 0.4) is 0 Å². The summed E-state index contributed by atoms with van der Waals surface area (Å²) in [6, 6.07) is 7.77. The number of carbonyl (C=O) groups excluding carboxylic acids is 1. The Kier molecular flexibility index (Phi) is 8.13. The van der Waals surface area contributed by atoms with E-state index in [1.165, 1.54) is 0 Å². The van der Waals surface area contributed by atoms with Crippen LogP contribution in [-0.4, -0.2) is 43.2 Å². The van der Waals surface area contributed by atoms with E-state index >= 15 is 0 Å². The summed E-state index contributed by atoms with van der Waals surface area (Å²) >= 11 is 0. The molecule has 0 radical (unpaired) electrons. The van der Waals surface area contributed by atoms with Gasteiger partial charge in [-0.15, -0.1) is 24.8 Å². The van der Waals surface area contributed by atoms with Crippen LogP contribution in [-0.2, 0) is 4.79 Å². The molecule has 0 bridgehead atoms. The molecule has 1 aromatic carbocycles. The van der Waals surface area contributed by atoms with Crippen LogP contribution < -0.4 is 15.2 Å². The van der Waals surface area contributed by atoms with Crippen molar-refractivity contribution in [2.45, 2.75) is 25.9 Å². The Morgan fingerprint density at radius 1 is 1.33 bits per heavy atom. The number of piperidine rings is 1. The van der Waals surface area contributed by atoms with Crippen molar-refractivity contribution in [1.29, 1.82) is 0 Å². The van der Waals surface area contributed by atoms with Crippen molar-refractivity contribution in [2.24, 2.45) is 17.6 Å². The number of rotatable bonds is 4. The van der Waals surface area contributed by atoms with Gasteiger partial charge in [0.1, 0.15) is 12.7 Å². The minimum atomic E-state index is -0.196. The summed E-state index contributed by atoms with van der Waals surface area (Å²) in [6.07, 6.45) is 2.22. The molecule has 0 spiro atoms. The number of fused-ring (bicyclic) bond motifs is 1. The molecule has 2 N–H and O–H groups in total. The lowest BCUT2D eigenvalue weighted by atomic mass is 9.86. The minimum absolute atomic E-state index is 0. The van der Waals surface area contributed by atoms with Crippen molar-refractivity contribution in [3.05, 3.63) is 24.3 Å². The molecule has 0 saturated carbocycles. The number of likely N-dealkylation sites (tertiary alicyclic amines) is 1. The Bertz CT molecular complexity index is 544. The molecule has 2 aliphatic rings. The van der Waals surface area contributed by atoms with E-state index in [0.717, 1.165) is 44.0 Å². The molecule has 1 amide bonds. The van der Waals surface area contributed by atoms with E-state index in [1.807, 2.05) is 31.2 Å². The van der Waals surface area contributed by atoms with Gasteiger partial charge < -0.3 is 15.2 Å². The largest absolute Gasteiger partial charge is 0.486 e. The molecule has 1 saturated heterocycles. The zero-order valence-electron chi connectivity index (χ0n) is 13.8. The van der Waals surface area contributed by atoms with Gasteiger partial charge in [-0.1, -0.05) is 19.1 Å². The van der Waals surface area contributed by atoms with Crippen LogP contribution in [0.1, 0.15) is 19.8 Å². The van der Waals surface area contributed by atoms with Gasteiger partial charge in [0.2, 0.25) is 5.91 Å². The third kappa shape index (κ3) is 4.91. The van der Waals surface area contributed by atoms with Gasteiger partial charge in [0, 0.05) is 19.0 Å². The Labute approximate surface area is 155 Å². The van der Waals surface area contributed by atoms with Crippen LogP contribution in [0.2, 0.25) is 0 Å². The highest BCUT2D eigenvalue weighted by Crippen LogP contribution is 2.31. The van der Waals surface area contributed by atoms with Crippen molar-refractivity contribution in [3.63, 3.8) is 0 Å². The molecule has 24 heavy (non-hydrogen) atoms. The highest BCUT2D eigenvalue weighted by atomic mass is 35.5. The number of amides is 1. The Morgan fingerprint density at radius 2 is 2.04 bits per heavy atom. The standard InChI is InChI=1S/C17H24N2O3.2ClH/c1-12(17(18)20)13-5-4-8-19(9-13)10-14-11-21-15-6-2-3-7-16(15)22-14;;/h2-3,6-7,12-14H,4-5,8-11H2,1H3,(H2,18,20);2*1H/t12?,13-,14+;;/m1../s1. The number of hydrogen-bond donors (Lipinski definition) is 1. The van der Waals surface area contributed by atoms with E-state index < -0.39 is 0 Å². The number of hydrogen-bond acceptors (Lipinski definition) is 4. The lowest BCUT2D eigenvalue weighted by Crippen LogP contribution is -2.47. The molecule has 1 aromatic rings. The zero-order chi connectivity index (χ0) is 15.5. The molecule has 2 aliphatic heterocycles. The Balaban J connectivity index is 0.00000144. The van der Waals surface area contributed by atoms with Gasteiger partial charge in [-0.2, -0.15) is 0 Å². The summed E-state index contributed by atoms with van der Waals surface area (Å²) in [4.78, 5) is 13.8. The summed E-state index contributed by atoms with van der Waals surface area (Å²) in [5, 5.41) is 0. The van der Waals surface area contributed by atoms with E-state index in [0.29, 0.717) is 12.5 Å². The highest BCUT2D eigenvalue weighted by Gasteiger charge is 2.30. The average molecular weight is 377 g/mol. The van der Waals surface area contributed by atoms with Crippen LogP contribution in [0.25, 0.3) is 0 Å². The quantitative estimate of drug-likeness (QED) is 0.876. The number of carbonyl (C=O) groups is 1. The first kappa shape index (κ1) is 20.9. The summed E-state index contributed by atoms with van der Waals surface area (Å²) < 4.78 is 11.8. The highest BCUT2D eigenvalue weighted by molar-refractivity contribution is 5.85. The number of ether oxygens (including phenoxy) is 2. The maximum absolute atomic E-state index is 11.4. The van der Waals surface area contributed by atoms with Gasteiger partial charge in [0.25, 0.3) is 0 Å². The fourth-order valence-electron chi connectivity index (χ4n) is 3.34. The number of para-hydroxylation sites is 2. The Morgan fingerprint density at radius 3 is 2.75 bits per heavy atom. The first-order valence-electron chi connectivity index (χ1n) is 8.03. The molecule has 1 unspecified atom stereocenters. The lowest BCUT2D eigenvalue weighted by molar-refractivity contribution is -0.123. The molecule has 7 heteroatoms. The lowest BCUT2D eigenvalue weighted by Gasteiger charge is -2.37. The molecular formula is C17H26Cl2N2O3. The first-order valence-corrected chi connectivity index (χ1v) is 8.03. The topological polar surface area (TPSA) is 64.8 Å². The minimum Gasteiger partial charge on any atom is -0.486 e. The maximum atomic E-state index is 11.4. The number of halogens is 2. The molecule has 2 heterocycles. The predicted octanol–water partition coefficient (Wildman–Crippen LogP) is 2.50. The molecule has 136 valence electrons. The van der Waals surface area contributed by atoms with Crippen LogP contribution >= 0.6 is 24.8 Å². The zero-order valence-corrected chi connectivity index (χ0v) is 15.5. The van der Waals surface area contributed by atoms with Crippen molar-refractivity contribution in [2.75, 3.05) is 26.2 Å². The third-order valence-corrected chi connectivity index (χ3v) is 4.73. The van der Waals surface area contributed by atoms with Gasteiger partial charge >= 0.3 is 0 Å². The number of nitrogens with zero attached hydrogens (tertiary/aromatic N) is 1. The number of primary amides is 1. The third-order valence-electron chi connectivity index (χ3n) is 4.73. The van der Waals surface area contributed by atoms with Crippen LogP contribution in [0, 0.1) is 11.8 Å². The van der Waals surface area contributed by atoms with Gasteiger partial charge in [0.15, 0.2) is 11.5 Å². The van der Waals surface area contributed by atoms with Gasteiger partial charge in [-0.25, -0.2) is 0 Å². The summed E-state index contributed by atoms with van der Waals surface area (Å²) in [5.74, 6) is 1.73. The number of benzene rings is 1. The van der Waals surface area contributed by atoms with E-state index in [2.05, 4.69) is 4.90 Å². The van der Waals surface area contributed by atoms with E-state index in [4.69, 9.17) is 15.2 Å². The first-order chi connectivity index (χ1) is 10.6. The average Bonchev–Trinajstić information content (AvgIpc) is 2.54. The number of nitrogens with two attached hydrogens (primary N) is 1.